The maximum Gasteiger partial charge on any atom is 0.147 e. The van der Waals surface area contributed by atoms with Gasteiger partial charge in [0.2, 0.25) is 0 Å². The van der Waals surface area contributed by atoms with Gasteiger partial charge in [0.1, 0.15) is 5.82 Å². The van der Waals surface area contributed by atoms with Crippen molar-refractivity contribution in [3.63, 3.8) is 0 Å². The first kappa shape index (κ1) is 17.3. The lowest BCUT2D eigenvalue weighted by Crippen LogP contribution is -2.24. The van der Waals surface area contributed by atoms with Gasteiger partial charge in [0.15, 0.2) is 0 Å². The number of thioether (sulfide) groups is 1. The fourth-order valence-electron chi connectivity index (χ4n) is 1.69. The van der Waals surface area contributed by atoms with Crippen LogP contribution < -0.4 is 5.32 Å². The van der Waals surface area contributed by atoms with E-state index in [9.17, 15) is 4.39 Å². The zero-order valence-corrected chi connectivity index (χ0v) is 14.6. The molecular weight excluding hydrogens is 349 g/mol. The van der Waals surface area contributed by atoms with Crippen LogP contribution in [-0.2, 0) is 0 Å². The van der Waals surface area contributed by atoms with E-state index in [1.165, 1.54) is 0 Å². The summed E-state index contributed by atoms with van der Waals surface area (Å²) in [6.07, 6.45) is 1.12. The molecule has 0 saturated carbocycles. The minimum absolute atomic E-state index is 0.00500. The molecule has 0 heterocycles. The van der Waals surface area contributed by atoms with Crippen LogP contribution in [-0.4, -0.2) is 17.5 Å². The average molecular weight is 369 g/mol. The van der Waals surface area contributed by atoms with Crippen molar-refractivity contribution < 1.29 is 4.39 Å². The zero-order chi connectivity index (χ0) is 14.4. The molecular formula is C14H20BrClFNS. The topological polar surface area (TPSA) is 12.0 Å². The summed E-state index contributed by atoms with van der Waals surface area (Å²) in [5.41, 5.74) is 0.644. The quantitative estimate of drug-likeness (QED) is 0.645. The molecule has 0 radical (unpaired) electrons. The molecule has 5 heteroatoms. The van der Waals surface area contributed by atoms with E-state index in [0.717, 1.165) is 18.7 Å². The van der Waals surface area contributed by atoms with Gasteiger partial charge in [-0.3, -0.25) is 0 Å². The minimum Gasteiger partial charge on any atom is -0.309 e. The second kappa shape index (κ2) is 8.50. The third-order valence-corrected chi connectivity index (χ3v) is 5.70. The maximum atomic E-state index is 14.2. The van der Waals surface area contributed by atoms with E-state index in [1.54, 1.807) is 12.1 Å². The van der Waals surface area contributed by atoms with E-state index < -0.39 is 0 Å². The summed E-state index contributed by atoms with van der Waals surface area (Å²) in [7, 11) is 0. The maximum absolute atomic E-state index is 14.2. The number of benzene rings is 1. The van der Waals surface area contributed by atoms with Crippen LogP contribution in [0, 0.1) is 5.82 Å². The highest BCUT2D eigenvalue weighted by Gasteiger charge is 2.19. The van der Waals surface area contributed by atoms with Crippen LogP contribution >= 0.6 is 39.3 Å². The molecule has 19 heavy (non-hydrogen) atoms. The standard InChI is InChI=1S/C14H20BrClFNS/c1-4-9(3)19-8-12(18-5-2)10-6-7-11(15)13(16)14(10)17/h6-7,9,12,18H,4-5,8H2,1-3H3. The Bertz CT molecular complexity index is 417. The Hall–Kier alpha value is 0.230. The largest absolute Gasteiger partial charge is 0.309 e. The van der Waals surface area contributed by atoms with Gasteiger partial charge in [-0.05, 0) is 35.0 Å². The summed E-state index contributed by atoms with van der Waals surface area (Å²) in [6.45, 7) is 7.19. The van der Waals surface area contributed by atoms with Crippen LogP contribution in [0.25, 0.3) is 0 Å². The van der Waals surface area contributed by atoms with Gasteiger partial charge in [0.25, 0.3) is 0 Å². The van der Waals surface area contributed by atoms with Crippen LogP contribution in [0.3, 0.4) is 0 Å². The summed E-state index contributed by atoms with van der Waals surface area (Å²) < 4.78 is 14.8. The Kier molecular flexibility index (Phi) is 7.73. The van der Waals surface area contributed by atoms with Crippen LogP contribution in [0.5, 0.6) is 0 Å². The number of hydrogen-bond donors (Lipinski definition) is 1. The van der Waals surface area contributed by atoms with Crippen LogP contribution in [0.1, 0.15) is 38.8 Å². The van der Waals surface area contributed by atoms with Crippen molar-refractivity contribution in [3.05, 3.63) is 33.0 Å². The van der Waals surface area contributed by atoms with E-state index in [-0.39, 0.29) is 16.9 Å². The lowest BCUT2D eigenvalue weighted by atomic mass is 10.1. The highest BCUT2D eigenvalue weighted by atomic mass is 79.9. The third kappa shape index (κ3) is 4.92. The van der Waals surface area contributed by atoms with E-state index in [1.807, 2.05) is 18.7 Å². The Morgan fingerprint density at radius 1 is 1.42 bits per heavy atom. The molecule has 0 aliphatic carbocycles. The monoisotopic (exact) mass is 367 g/mol. The summed E-state index contributed by atoms with van der Waals surface area (Å²) in [5.74, 6) is 0.518. The second-order valence-electron chi connectivity index (χ2n) is 4.43. The average Bonchev–Trinajstić information content (AvgIpc) is 2.41. The van der Waals surface area contributed by atoms with Crippen molar-refractivity contribution >= 4 is 39.3 Å². The van der Waals surface area contributed by atoms with Crippen molar-refractivity contribution in [2.24, 2.45) is 0 Å². The fraction of sp³-hybridized carbons (Fsp3) is 0.571. The molecule has 0 aromatic heterocycles. The predicted molar refractivity (Wildman–Crippen MR) is 87.7 cm³/mol. The van der Waals surface area contributed by atoms with Crippen LogP contribution in [0.15, 0.2) is 16.6 Å². The van der Waals surface area contributed by atoms with E-state index in [2.05, 4.69) is 35.1 Å². The molecule has 108 valence electrons. The number of hydrogen-bond acceptors (Lipinski definition) is 2. The molecule has 2 atom stereocenters. The molecule has 0 fully saturated rings. The third-order valence-electron chi connectivity index (χ3n) is 3.01. The Balaban J connectivity index is 2.89. The first-order valence-corrected chi connectivity index (χ1v) is 8.71. The molecule has 0 aliphatic heterocycles. The van der Waals surface area contributed by atoms with E-state index in [0.29, 0.717) is 15.3 Å². The van der Waals surface area contributed by atoms with Crippen molar-refractivity contribution in [2.75, 3.05) is 12.3 Å². The Labute approximate surface area is 132 Å². The van der Waals surface area contributed by atoms with Crippen molar-refractivity contribution in [1.29, 1.82) is 0 Å². The van der Waals surface area contributed by atoms with Gasteiger partial charge in [0, 0.05) is 27.1 Å². The number of nitrogens with one attached hydrogen (secondary N) is 1. The first-order chi connectivity index (χ1) is 9.01. The van der Waals surface area contributed by atoms with Gasteiger partial charge in [-0.1, -0.05) is 38.4 Å². The van der Waals surface area contributed by atoms with Gasteiger partial charge in [-0.2, -0.15) is 11.8 Å². The predicted octanol–water partition coefficient (Wildman–Crippen LogP) is 5.42. The molecule has 2 unspecified atom stereocenters. The highest BCUT2D eigenvalue weighted by Crippen LogP contribution is 2.32. The number of rotatable bonds is 7. The molecule has 0 bridgehead atoms. The molecule has 0 saturated heterocycles. The molecule has 1 N–H and O–H groups in total. The fourth-order valence-corrected chi connectivity index (χ4v) is 3.23. The minimum atomic E-state index is -0.327. The summed E-state index contributed by atoms with van der Waals surface area (Å²) >= 11 is 11.1. The van der Waals surface area contributed by atoms with Gasteiger partial charge in [-0.15, -0.1) is 0 Å². The molecule has 0 aliphatic rings. The molecule has 0 amide bonds. The summed E-state index contributed by atoms with van der Waals surface area (Å²) in [4.78, 5) is 0. The Morgan fingerprint density at radius 2 is 2.11 bits per heavy atom. The lowest BCUT2D eigenvalue weighted by molar-refractivity contribution is 0.545. The van der Waals surface area contributed by atoms with Gasteiger partial charge >= 0.3 is 0 Å². The van der Waals surface area contributed by atoms with E-state index >= 15 is 0 Å². The van der Waals surface area contributed by atoms with Crippen molar-refractivity contribution in [3.8, 4) is 0 Å². The summed E-state index contributed by atoms with van der Waals surface area (Å²) in [6, 6.07) is 3.60. The Morgan fingerprint density at radius 3 is 2.68 bits per heavy atom. The van der Waals surface area contributed by atoms with Gasteiger partial charge in [-0.25, -0.2) is 4.39 Å². The number of halogens is 3. The molecule has 1 rings (SSSR count). The van der Waals surface area contributed by atoms with Gasteiger partial charge < -0.3 is 5.32 Å². The first-order valence-electron chi connectivity index (χ1n) is 6.49. The highest BCUT2D eigenvalue weighted by molar-refractivity contribution is 9.10. The molecule has 1 aromatic rings. The smallest absolute Gasteiger partial charge is 0.147 e. The molecule has 0 spiro atoms. The van der Waals surface area contributed by atoms with Crippen LogP contribution in [0.2, 0.25) is 5.02 Å². The van der Waals surface area contributed by atoms with Crippen LogP contribution in [0.4, 0.5) is 4.39 Å². The lowest BCUT2D eigenvalue weighted by Gasteiger charge is -2.21. The molecule has 1 nitrogen and oxygen atoms in total. The second-order valence-corrected chi connectivity index (χ2v) is 7.13. The van der Waals surface area contributed by atoms with Crippen molar-refractivity contribution in [2.45, 2.75) is 38.5 Å². The molecule has 1 aromatic carbocycles. The van der Waals surface area contributed by atoms with E-state index in [4.69, 9.17) is 11.6 Å². The van der Waals surface area contributed by atoms with Crippen molar-refractivity contribution in [1.82, 2.24) is 5.32 Å². The zero-order valence-electron chi connectivity index (χ0n) is 11.5. The SMILES string of the molecule is CCNC(CSC(C)CC)c1ccc(Br)c(Cl)c1F. The summed E-state index contributed by atoms with van der Waals surface area (Å²) in [5, 5.41) is 4.07. The van der Waals surface area contributed by atoms with Gasteiger partial charge in [0.05, 0.1) is 5.02 Å². The normalized spacial score (nSPS) is 14.4.